The van der Waals surface area contributed by atoms with Gasteiger partial charge in [0.25, 0.3) is 5.91 Å². The Morgan fingerprint density at radius 3 is 2.39 bits per heavy atom. The minimum atomic E-state index is -0.183. The molecule has 152 valence electrons. The molecule has 6 heteroatoms. The molecular formula is C22H33N5O. The van der Waals surface area contributed by atoms with Crippen LogP contribution in [0.4, 0.5) is 0 Å². The van der Waals surface area contributed by atoms with Gasteiger partial charge in [0.1, 0.15) is 0 Å². The molecule has 28 heavy (non-hydrogen) atoms. The lowest BCUT2D eigenvalue weighted by Crippen LogP contribution is -2.42. The van der Waals surface area contributed by atoms with Crippen LogP contribution in [0.3, 0.4) is 0 Å². The van der Waals surface area contributed by atoms with Crippen molar-refractivity contribution >= 4 is 16.9 Å². The van der Waals surface area contributed by atoms with Crippen LogP contribution in [-0.4, -0.2) is 44.7 Å². The lowest BCUT2D eigenvalue weighted by molar-refractivity contribution is 0.0682. The van der Waals surface area contributed by atoms with Crippen LogP contribution < -0.4 is 5.73 Å². The van der Waals surface area contributed by atoms with Gasteiger partial charge in [0.05, 0.1) is 22.2 Å². The summed E-state index contributed by atoms with van der Waals surface area (Å²) < 4.78 is 1.99. The van der Waals surface area contributed by atoms with Crippen LogP contribution in [0.1, 0.15) is 81.0 Å². The first kappa shape index (κ1) is 19.4. The Morgan fingerprint density at radius 2 is 1.86 bits per heavy atom. The molecule has 1 aliphatic heterocycles. The van der Waals surface area contributed by atoms with Gasteiger partial charge in [-0.15, -0.1) is 0 Å². The number of amides is 1. The number of rotatable bonds is 3. The molecule has 6 nitrogen and oxygen atoms in total. The monoisotopic (exact) mass is 383 g/mol. The molecule has 1 amide bonds. The second kappa shape index (κ2) is 6.83. The molecule has 2 aliphatic rings. The van der Waals surface area contributed by atoms with E-state index in [4.69, 9.17) is 15.8 Å². The number of aryl methyl sites for hydroxylation is 1. The molecule has 2 fully saturated rings. The average Bonchev–Trinajstić information content (AvgIpc) is 3.43. The SMILES string of the molecule is Cc1nn(C(C)(C)C)c2nc(C3CC3)cc(C(=O)N3CCC(C(C)N)CC3)c12. The molecule has 2 N–H and O–H groups in total. The van der Waals surface area contributed by atoms with Crippen molar-refractivity contribution in [3.8, 4) is 0 Å². The van der Waals surface area contributed by atoms with Gasteiger partial charge in [-0.1, -0.05) is 0 Å². The summed E-state index contributed by atoms with van der Waals surface area (Å²) in [5.41, 5.74) is 9.45. The van der Waals surface area contributed by atoms with E-state index in [0.29, 0.717) is 11.8 Å². The number of piperidine rings is 1. The summed E-state index contributed by atoms with van der Waals surface area (Å²) in [5.74, 6) is 1.12. The molecule has 4 rings (SSSR count). The maximum Gasteiger partial charge on any atom is 0.254 e. The highest BCUT2D eigenvalue weighted by Crippen LogP contribution is 2.41. The number of fused-ring (bicyclic) bond motifs is 1. The highest BCUT2D eigenvalue weighted by atomic mass is 16.2. The lowest BCUT2D eigenvalue weighted by atomic mass is 9.90. The molecule has 1 saturated heterocycles. The first-order valence-electron chi connectivity index (χ1n) is 10.6. The van der Waals surface area contributed by atoms with E-state index in [1.54, 1.807) is 0 Å². The Hall–Kier alpha value is -1.95. The summed E-state index contributed by atoms with van der Waals surface area (Å²) >= 11 is 0. The van der Waals surface area contributed by atoms with E-state index in [-0.39, 0.29) is 17.5 Å². The van der Waals surface area contributed by atoms with E-state index in [1.807, 2.05) is 22.6 Å². The molecule has 1 atom stereocenters. The third-order valence-corrected chi connectivity index (χ3v) is 6.26. The van der Waals surface area contributed by atoms with Crippen LogP contribution in [-0.2, 0) is 5.54 Å². The highest BCUT2D eigenvalue weighted by Gasteiger charge is 2.32. The molecule has 0 aromatic carbocycles. The summed E-state index contributed by atoms with van der Waals surface area (Å²) in [6, 6.07) is 2.24. The first-order chi connectivity index (χ1) is 13.2. The summed E-state index contributed by atoms with van der Waals surface area (Å²) in [5, 5.41) is 5.69. The van der Waals surface area contributed by atoms with Crippen LogP contribution in [0.25, 0.3) is 11.0 Å². The Morgan fingerprint density at radius 1 is 1.21 bits per heavy atom. The van der Waals surface area contributed by atoms with Crippen molar-refractivity contribution in [2.45, 2.75) is 77.8 Å². The van der Waals surface area contributed by atoms with Gasteiger partial charge in [0.2, 0.25) is 0 Å². The second-order valence-corrected chi connectivity index (χ2v) is 9.72. The minimum Gasteiger partial charge on any atom is -0.339 e. The molecular weight excluding hydrogens is 350 g/mol. The summed E-state index contributed by atoms with van der Waals surface area (Å²) in [7, 11) is 0. The molecule has 0 bridgehead atoms. The Labute approximate surface area is 167 Å². The zero-order chi connectivity index (χ0) is 20.2. The van der Waals surface area contributed by atoms with Crippen molar-refractivity contribution < 1.29 is 4.79 Å². The maximum absolute atomic E-state index is 13.5. The van der Waals surface area contributed by atoms with E-state index in [1.165, 1.54) is 0 Å². The van der Waals surface area contributed by atoms with Crippen molar-refractivity contribution in [3.63, 3.8) is 0 Å². The Bertz CT molecular complexity index is 896. The summed E-state index contributed by atoms with van der Waals surface area (Å²) in [4.78, 5) is 20.5. The number of likely N-dealkylation sites (tertiary alicyclic amines) is 1. The number of pyridine rings is 1. The van der Waals surface area contributed by atoms with E-state index >= 15 is 0 Å². The lowest BCUT2D eigenvalue weighted by Gasteiger charge is -2.34. The largest absolute Gasteiger partial charge is 0.339 e. The molecule has 3 heterocycles. The topological polar surface area (TPSA) is 77.0 Å². The van der Waals surface area contributed by atoms with Gasteiger partial charge in [0, 0.05) is 30.7 Å². The van der Waals surface area contributed by atoms with E-state index < -0.39 is 0 Å². The van der Waals surface area contributed by atoms with Gasteiger partial charge in [-0.2, -0.15) is 5.10 Å². The molecule has 0 radical (unpaired) electrons. The van der Waals surface area contributed by atoms with Crippen LogP contribution in [0.15, 0.2) is 6.07 Å². The molecule has 2 aromatic rings. The average molecular weight is 384 g/mol. The van der Waals surface area contributed by atoms with Crippen molar-refractivity contribution in [3.05, 3.63) is 23.0 Å². The smallest absolute Gasteiger partial charge is 0.254 e. The van der Waals surface area contributed by atoms with Gasteiger partial charge in [-0.25, -0.2) is 9.67 Å². The predicted molar refractivity (Wildman–Crippen MR) is 112 cm³/mol. The third kappa shape index (κ3) is 3.43. The fourth-order valence-electron chi connectivity index (χ4n) is 4.33. The number of hydrogen-bond acceptors (Lipinski definition) is 4. The Kier molecular flexibility index (Phi) is 4.73. The van der Waals surface area contributed by atoms with Gasteiger partial charge in [0.15, 0.2) is 5.65 Å². The van der Waals surface area contributed by atoms with Crippen molar-refractivity contribution in [2.24, 2.45) is 11.7 Å². The van der Waals surface area contributed by atoms with Gasteiger partial charge >= 0.3 is 0 Å². The maximum atomic E-state index is 13.5. The fourth-order valence-corrected chi connectivity index (χ4v) is 4.33. The molecule has 0 spiro atoms. The van der Waals surface area contributed by atoms with Gasteiger partial charge in [-0.05, 0) is 72.3 Å². The molecule has 2 aromatic heterocycles. The normalized spacial score (nSPS) is 20.0. The summed E-state index contributed by atoms with van der Waals surface area (Å²) in [6.45, 7) is 12.0. The van der Waals surface area contributed by atoms with Crippen molar-refractivity contribution in [1.82, 2.24) is 19.7 Å². The zero-order valence-electron chi connectivity index (χ0n) is 17.8. The molecule has 1 aliphatic carbocycles. The van der Waals surface area contributed by atoms with E-state index in [9.17, 15) is 4.79 Å². The Balaban J connectivity index is 1.76. The van der Waals surface area contributed by atoms with Crippen LogP contribution >= 0.6 is 0 Å². The van der Waals surface area contributed by atoms with Crippen molar-refractivity contribution in [2.75, 3.05) is 13.1 Å². The van der Waals surface area contributed by atoms with E-state index in [2.05, 4.69) is 27.7 Å². The van der Waals surface area contributed by atoms with Crippen LogP contribution in [0.5, 0.6) is 0 Å². The summed E-state index contributed by atoms with van der Waals surface area (Å²) in [6.07, 6.45) is 4.28. The van der Waals surface area contributed by atoms with Gasteiger partial charge in [-0.3, -0.25) is 4.79 Å². The first-order valence-corrected chi connectivity index (χ1v) is 10.6. The number of nitrogens with two attached hydrogens (primary N) is 1. The molecule has 1 unspecified atom stereocenters. The number of aromatic nitrogens is 3. The number of carbonyl (C=O) groups excluding carboxylic acids is 1. The number of carbonyl (C=O) groups is 1. The zero-order valence-corrected chi connectivity index (χ0v) is 17.8. The number of hydrogen-bond donors (Lipinski definition) is 1. The van der Waals surface area contributed by atoms with Gasteiger partial charge < -0.3 is 10.6 Å². The van der Waals surface area contributed by atoms with Crippen molar-refractivity contribution in [1.29, 1.82) is 0 Å². The quantitative estimate of drug-likeness (QED) is 0.879. The predicted octanol–water partition coefficient (Wildman–Crippen LogP) is 3.57. The standard InChI is InChI=1S/C22H33N5O/c1-13(23)15-8-10-26(11-9-15)21(28)17-12-18(16-6-7-16)24-20-19(17)14(2)25-27(20)22(3,4)5/h12-13,15-16H,6-11,23H2,1-5H3. The molecule has 1 saturated carbocycles. The van der Waals surface area contributed by atoms with E-state index in [0.717, 1.165) is 66.8 Å². The third-order valence-electron chi connectivity index (χ3n) is 6.26. The number of nitrogens with zero attached hydrogens (tertiary/aromatic N) is 4. The van der Waals surface area contributed by atoms with Crippen LogP contribution in [0, 0.1) is 12.8 Å². The minimum absolute atomic E-state index is 0.119. The van der Waals surface area contributed by atoms with Crippen LogP contribution in [0.2, 0.25) is 0 Å². The fraction of sp³-hybridized carbons (Fsp3) is 0.682. The highest BCUT2D eigenvalue weighted by molar-refractivity contribution is 6.06. The second-order valence-electron chi connectivity index (χ2n) is 9.72.